The van der Waals surface area contributed by atoms with Crippen molar-refractivity contribution in [3.05, 3.63) is 81.2 Å². The number of fused-ring (bicyclic) bond motifs is 2. The average molecular weight is 466 g/mol. The van der Waals surface area contributed by atoms with Crippen molar-refractivity contribution in [1.29, 1.82) is 0 Å². The van der Waals surface area contributed by atoms with E-state index in [0.29, 0.717) is 33.2 Å². The van der Waals surface area contributed by atoms with Gasteiger partial charge < -0.3 is 4.90 Å². The number of hydrogen-bond donors (Lipinski definition) is 0. The van der Waals surface area contributed by atoms with Crippen molar-refractivity contribution in [2.24, 2.45) is 0 Å². The summed E-state index contributed by atoms with van der Waals surface area (Å²) in [6, 6.07) is 14.1. The number of carbonyl (C=O) groups excluding carboxylic acids is 1. The lowest BCUT2D eigenvalue weighted by Gasteiger charge is -2.29. The molecule has 32 heavy (non-hydrogen) atoms. The number of para-hydroxylation sites is 1. The molecule has 2 aromatic carbocycles. The Bertz CT molecular complexity index is 1400. The second-order valence-electron chi connectivity index (χ2n) is 7.67. The van der Waals surface area contributed by atoms with Crippen LogP contribution in [-0.2, 0) is 11.2 Å². The Hall–Kier alpha value is -2.97. The van der Waals surface area contributed by atoms with E-state index in [2.05, 4.69) is 11.1 Å². The first kappa shape index (κ1) is 20.9. The first-order chi connectivity index (χ1) is 15.5. The Morgan fingerprint density at radius 1 is 1.19 bits per heavy atom. The zero-order chi connectivity index (χ0) is 22.2. The zero-order valence-corrected chi connectivity index (χ0v) is 19.0. The molecule has 3 heterocycles. The smallest absolute Gasteiger partial charge is 0.276 e. The van der Waals surface area contributed by atoms with Gasteiger partial charge in [-0.25, -0.2) is 9.37 Å². The lowest BCUT2D eigenvalue weighted by molar-refractivity contribution is -0.116. The molecule has 1 aliphatic rings. The van der Waals surface area contributed by atoms with Gasteiger partial charge in [-0.05, 0) is 66.6 Å². The van der Waals surface area contributed by atoms with Crippen LogP contribution >= 0.6 is 23.1 Å². The molecule has 0 aliphatic carbocycles. The highest BCUT2D eigenvalue weighted by molar-refractivity contribution is 7.99. The monoisotopic (exact) mass is 465 g/mol. The number of aryl methyl sites for hydroxylation is 2. The summed E-state index contributed by atoms with van der Waals surface area (Å²) in [6.07, 6.45) is 1.89. The van der Waals surface area contributed by atoms with Crippen LogP contribution in [0.25, 0.3) is 15.9 Å². The van der Waals surface area contributed by atoms with E-state index in [0.717, 1.165) is 18.5 Å². The molecule has 162 valence electrons. The molecule has 5 rings (SSSR count). The Labute approximate surface area is 192 Å². The molecule has 0 atom stereocenters. The quantitative estimate of drug-likeness (QED) is 0.316. The number of thiophene rings is 1. The summed E-state index contributed by atoms with van der Waals surface area (Å²) in [5.41, 5.74) is 3.72. The summed E-state index contributed by atoms with van der Waals surface area (Å²) < 4.78 is 15.7. The van der Waals surface area contributed by atoms with Crippen molar-refractivity contribution in [2.45, 2.75) is 24.9 Å². The molecule has 8 heteroatoms. The minimum atomic E-state index is -0.363. The van der Waals surface area contributed by atoms with Crippen molar-refractivity contribution in [3.63, 3.8) is 0 Å². The van der Waals surface area contributed by atoms with Crippen LogP contribution in [0.15, 0.2) is 63.9 Å². The molecule has 0 radical (unpaired) electrons. The van der Waals surface area contributed by atoms with E-state index in [1.54, 1.807) is 19.1 Å². The van der Waals surface area contributed by atoms with Crippen LogP contribution in [0.2, 0.25) is 0 Å². The highest BCUT2D eigenvalue weighted by Gasteiger charge is 2.23. The third-order valence-corrected chi connectivity index (χ3v) is 7.40. The summed E-state index contributed by atoms with van der Waals surface area (Å²) in [4.78, 5) is 32.9. The average Bonchev–Trinajstić information content (AvgIpc) is 3.27. The van der Waals surface area contributed by atoms with E-state index in [4.69, 9.17) is 0 Å². The van der Waals surface area contributed by atoms with Gasteiger partial charge in [0.25, 0.3) is 5.56 Å². The molecule has 0 bridgehead atoms. The minimum Gasteiger partial charge on any atom is -0.311 e. The molecule has 4 aromatic rings. The fraction of sp³-hybridized carbons (Fsp3) is 0.208. The van der Waals surface area contributed by atoms with Crippen molar-refractivity contribution in [1.82, 2.24) is 9.55 Å². The van der Waals surface area contributed by atoms with E-state index in [1.807, 2.05) is 28.5 Å². The van der Waals surface area contributed by atoms with Gasteiger partial charge in [0.1, 0.15) is 10.5 Å². The Morgan fingerprint density at radius 3 is 2.88 bits per heavy atom. The Kier molecular flexibility index (Phi) is 5.57. The van der Waals surface area contributed by atoms with Gasteiger partial charge in [0, 0.05) is 12.2 Å². The third-order valence-electron chi connectivity index (χ3n) is 5.58. The molecule has 1 aliphatic heterocycles. The molecular formula is C24H20FN3O2S2. The number of nitrogens with zero attached hydrogens (tertiary/aromatic N) is 3. The normalized spacial score (nSPS) is 13.4. The molecule has 0 unspecified atom stereocenters. The van der Waals surface area contributed by atoms with E-state index in [9.17, 15) is 14.0 Å². The van der Waals surface area contributed by atoms with Gasteiger partial charge in [0.2, 0.25) is 5.91 Å². The fourth-order valence-corrected chi connectivity index (χ4v) is 5.71. The highest BCUT2D eigenvalue weighted by Crippen LogP contribution is 2.29. The van der Waals surface area contributed by atoms with Crippen LogP contribution in [0.3, 0.4) is 0 Å². The maximum Gasteiger partial charge on any atom is 0.276 e. The molecule has 0 saturated heterocycles. The second-order valence-corrected chi connectivity index (χ2v) is 9.53. The first-order valence-electron chi connectivity index (χ1n) is 10.3. The summed E-state index contributed by atoms with van der Waals surface area (Å²) in [5.74, 6) is -0.238. The lowest BCUT2D eigenvalue weighted by atomic mass is 10.0. The number of hydrogen-bond acceptors (Lipinski definition) is 5. The summed E-state index contributed by atoms with van der Waals surface area (Å²) in [6.45, 7) is 2.44. The van der Waals surface area contributed by atoms with Gasteiger partial charge >= 0.3 is 0 Å². The van der Waals surface area contributed by atoms with Crippen LogP contribution < -0.4 is 10.5 Å². The number of carbonyl (C=O) groups is 1. The van der Waals surface area contributed by atoms with Crippen molar-refractivity contribution in [2.75, 3.05) is 17.2 Å². The standard InChI is InChI=1S/C24H20FN3O2S2/c1-15-13-17(25)8-9-19(15)28-23(30)22-18(10-12-31-22)26-24(28)32-14-21(29)27-11-4-6-16-5-2-3-7-20(16)27/h2-3,5,7-10,12-13H,4,6,11,14H2,1H3. The minimum absolute atomic E-state index is 0.0239. The van der Waals surface area contributed by atoms with Crippen LogP contribution in [0.5, 0.6) is 0 Å². The molecule has 0 fully saturated rings. The van der Waals surface area contributed by atoms with Crippen molar-refractivity contribution in [3.8, 4) is 5.69 Å². The SMILES string of the molecule is Cc1cc(F)ccc1-n1c(SCC(=O)N2CCCc3ccccc32)nc2ccsc2c1=O. The number of thioether (sulfide) groups is 1. The molecule has 1 amide bonds. The number of rotatable bonds is 4. The summed E-state index contributed by atoms with van der Waals surface area (Å²) >= 11 is 2.56. The molecular weight excluding hydrogens is 445 g/mol. The highest BCUT2D eigenvalue weighted by atomic mass is 32.2. The molecule has 5 nitrogen and oxygen atoms in total. The van der Waals surface area contributed by atoms with Crippen LogP contribution in [0.4, 0.5) is 10.1 Å². The zero-order valence-electron chi connectivity index (χ0n) is 17.4. The van der Waals surface area contributed by atoms with E-state index < -0.39 is 0 Å². The number of anilines is 1. The maximum absolute atomic E-state index is 13.7. The van der Waals surface area contributed by atoms with Crippen molar-refractivity contribution < 1.29 is 9.18 Å². The van der Waals surface area contributed by atoms with Gasteiger partial charge in [0.05, 0.1) is 17.0 Å². The fourth-order valence-electron chi connectivity index (χ4n) is 4.07. The summed E-state index contributed by atoms with van der Waals surface area (Å²) in [7, 11) is 0. The van der Waals surface area contributed by atoms with Crippen LogP contribution in [-0.4, -0.2) is 27.8 Å². The molecule has 2 aromatic heterocycles. The number of halogens is 1. The predicted octanol–water partition coefficient (Wildman–Crippen LogP) is 4.97. The number of aromatic nitrogens is 2. The summed E-state index contributed by atoms with van der Waals surface area (Å²) in [5, 5.41) is 2.25. The van der Waals surface area contributed by atoms with Crippen molar-refractivity contribution >= 4 is 44.9 Å². The van der Waals surface area contributed by atoms with Gasteiger partial charge in [0.15, 0.2) is 5.16 Å². The number of amides is 1. The Balaban J connectivity index is 1.51. The van der Waals surface area contributed by atoms with Crippen LogP contribution in [0.1, 0.15) is 17.5 Å². The largest absolute Gasteiger partial charge is 0.311 e. The predicted molar refractivity (Wildman–Crippen MR) is 128 cm³/mol. The van der Waals surface area contributed by atoms with E-state index in [1.165, 1.54) is 45.4 Å². The van der Waals surface area contributed by atoms with E-state index in [-0.39, 0.29) is 23.0 Å². The second kappa shape index (κ2) is 8.52. The molecule has 0 spiro atoms. The third kappa shape index (κ3) is 3.73. The maximum atomic E-state index is 13.7. The van der Waals surface area contributed by atoms with Crippen LogP contribution in [0, 0.1) is 12.7 Å². The molecule has 0 saturated carbocycles. The van der Waals surface area contributed by atoms with Gasteiger partial charge in [-0.1, -0.05) is 30.0 Å². The number of benzene rings is 2. The Morgan fingerprint density at radius 2 is 2.03 bits per heavy atom. The first-order valence-corrected chi connectivity index (χ1v) is 12.2. The van der Waals surface area contributed by atoms with Gasteiger partial charge in [-0.2, -0.15) is 0 Å². The lowest BCUT2D eigenvalue weighted by Crippen LogP contribution is -2.36. The van der Waals surface area contributed by atoms with E-state index >= 15 is 0 Å². The molecule has 0 N–H and O–H groups in total. The topological polar surface area (TPSA) is 55.2 Å². The van der Waals surface area contributed by atoms with Gasteiger partial charge in [-0.15, -0.1) is 11.3 Å². The van der Waals surface area contributed by atoms with Gasteiger partial charge in [-0.3, -0.25) is 14.2 Å².